The minimum absolute atomic E-state index is 0.239. The summed E-state index contributed by atoms with van der Waals surface area (Å²) in [5.74, 6) is 1.57. The van der Waals surface area contributed by atoms with Crippen molar-refractivity contribution in [1.29, 1.82) is 0 Å². The van der Waals surface area contributed by atoms with Crippen LogP contribution in [0.5, 0.6) is 0 Å². The van der Waals surface area contributed by atoms with Crippen LogP contribution in [0.15, 0.2) is 46.0 Å². The maximum Gasteiger partial charge on any atom is 0.285 e. The average Bonchev–Trinajstić information content (AvgIpc) is 3.20. The van der Waals surface area contributed by atoms with E-state index >= 15 is 0 Å². The molecule has 7 heteroatoms. The molecule has 0 amide bonds. The summed E-state index contributed by atoms with van der Waals surface area (Å²) in [6.45, 7) is 3.61. The lowest BCUT2D eigenvalue weighted by atomic mass is 10.1. The van der Waals surface area contributed by atoms with Crippen LogP contribution in [0.3, 0.4) is 0 Å². The highest BCUT2D eigenvalue weighted by Crippen LogP contribution is 2.31. The van der Waals surface area contributed by atoms with Gasteiger partial charge in [-0.1, -0.05) is 12.1 Å². The first-order valence-electron chi connectivity index (χ1n) is 7.75. The van der Waals surface area contributed by atoms with Crippen molar-refractivity contribution in [2.24, 2.45) is 4.40 Å². The van der Waals surface area contributed by atoms with Gasteiger partial charge in [0, 0.05) is 37.1 Å². The lowest BCUT2D eigenvalue weighted by molar-refractivity contribution is 0.347. The van der Waals surface area contributed by atoms with Gasteiger partial charge in [-0.2, -0.15) is 8.42 Å². The van der Waals surface area contributed by atoms with Crippen LogP contribution in [0.25, 0.3) is 0 Å². The number of rotatable bonds is 2. The molecular weight excluding hydrogens is 312 g/mol. The fourth-order valence-corrected chi connectivity index (χ4v) is 4.64. The Balaban J connectivity index is 1.69. The Morgan fingerprint density at radius 1 is 1.30 bits per heavy atom. The standard InChI is InChI=1S/C16H18N4O2S/c1-12-17-8-10-19(12)11-13-5-4-9-20(13)16-14-6-2-3-7-15(14)23(21,22)18-16/h2-3,6-8,10,13H,4-5,9,11H2,1H3/t13-/m0/s1. The monoisotopic (exact) mass is 330 g/mol. The van der Waals surface area contributed by atoms with E-state index in [1.165, 1.54) is 0 Å². The van der Waals surface area contributed by atoms with E-state index in [2.05, 4.69) is 18.8 Å². The number of nitrogens with zero attached hydrogens (tertiary/aromatic N) is 4. The molecule has 1 atom stereocenters. The lowest BCUT2D eigenvalue weighted by Crippen LogP contribution is -2.38. The van der Waals surface area contributed by atoms with Gasteiger partial charge in [0.05, 0.1) is 0 Å². The highest BCUT2D eigenvalue weighted by atomic mass is 32.2. The molecule has 1 aromatic carbocycles. The maximum atomic E-state index is 12.3. The average molecular weight is 330 g/mol. The molecule has 2 aromatic rings. The van der Waals surface area contributed by atoms with Crippen molar-refractivity contribution in [3.8, 4) is 0 Å². The molecule has 0 spiro atoms. The van der Waals surface area contributed by atoms with E-state index < -0.39 is 10.0 Å². The number of sulfonamides is 1. The molecule has 4 rings (SSSR count). The summed E-state index contributed by atoms with van der Waals surface area (Å²) in [6, 6.07) is 7.32. The number of hydrogen-bond donors (Lipinski definition) is 0. The van der Waals surface area contributed by atoms with E-state index in [9.17, 15) is 8.42 Å². The van der Waals surface area contributed by atoms with Crippen LogP contribution in [0, 0.1) is 6.92 Å². The van der Waals surface area contributed by atoms with E-state index in [1.54, 1.807) is 18.3 Å². The Hall–Kier alpha value is -2.15. The predicted octanol–water partition coefficient (Wildman–Crippen LogP) is 1.81. The molecule has 0 bridgehead atoms. The van der Waals surface area contributed by atoms with Crippen molar-refractivity contribution in [2.75, 3.05) is 6.54 Å². The van der Waals surface area contributed by atoms with E-state index in [-0.39, 0.29) is 6.04 Å². The molecule has 0 aliphatic carbocycles. The normalized spacial score (nSPS) is 22.2. The summed E-state index contributed by atoms with van der Waals surface area (Å²) >= 11 is 0. The molecule has 23 heavy (non-hydrogen) atoms. The van der Waals surface area contributed by atoms with Gasteiger partial charge in [-0.05, 0) is 31.9 Å². The van der Waals surface area contributed by atoms with Gasteiger partial charge in [0.2, 0.25) is 0 Å². The van der Waals surface area contributed by atoms with Gasteiger partial charge in [0.15, 0.2) is 5.84 Å². The zero-order chi connectivity index (χ0) is 16.0. The predicted molar refractivity (Wildman–Crippen MR) is 86.9 cm³/mol. The number of likely N-dealkylation sites (tertiary alicyclic amines) is 1. The number of aryl methyl sites for hydroxylation is 1. The topological polar surface area (TPSA) is 67.6 Å². The van der Waals surface area contributed by atoms with Gasteiger partial charge in [-0.3, -0.25) is 0 Å². The van der Waals surface area contributed by atoms with Crippen molar-refractivity contribution in [2.45, 2.75) is 37.2 Å². The van der Waals surface area contributed by atoms with Crippen LogP contribution in [-0.2, 0) is 16.6 Å². The first kappa shape index (κ1) is 14.4. The second kappa shape index (κ2) is 5.19. The molecule has 0 radical (unpaired) electrons. The second-order valence-corrected chi connectivity index (χ2v) is 7.57. The number of fused-ring (bicyclic) bond motifs is 1. The maximum absolute atomic E-state index is 12.3. The van der Waals surface area contributed by atoms with Crippen molar-refractivity contribution < 1.29 is 8.42 Å². The SMILES string of the molecule is Cc1nccn1C[C@@H]1CCCN1C1=NS(=O)(=O)c2ccccc21. The molecule has 2 aliphatic rings. The molecule has 6 nitrogen and oxygen atoms in total. The summed E-state index contributed by atoms with van der Waals surface area (Å²) in [6.07, 6.45) is 5.83. The van der Waals surface area contributed by atoms with E-state index in [0.29, 0.717) is 10.7 Å². The van der Waals surface area contributed by atoms with Crippen LogP contribution >= 0.6 is 0 Å². The van der Waals surface area contributed by atoms with Crippen LogP contribution in [0.2, 0.25) is 0 Å². The number of imidazole rings is 1. The molecule has 3 heterocycles. The van der Waals surface area contributed by atoms with Crippen LogP contribution in [0.1, 0.15) is 24.2 Å². The largest absolute Gasteiger partial charge is 0.351 e. The van der Waals surface area contributed by atoms with Crippen LogP contribution < -0.4 is 0 Å². The summed E-state index contributed by atoms with van der Waals surface area (Å²) in [4.78, 5) is 6.72. The number of hydrogen-bond acceptors (Lipinski definition) is 4. The molecule has 120 valence electrons. The smallest absolute Gasteiger partial charge is 0.285 e. The molecule has 0 saturated carbocycles. The van der Waals surface area contributed by atoms with Gasteiger partial charge >= 0.3 is 0 Å². The Morgan fingerprint density at radius 2 is 2.13 bits per heavy atom. The second-order valence-electron chi connectivity index (χ2n) is 6.00. The molecule has 0 unspecified atom stereocenters. The first-order chi connectivity index (χ1) is 11.1. The van der Waals surface area contributed by atoms with Gasteiger partial charge in [0.1, 0.15) is 10.7 Å². The molecule has 1 fully saturated rings. The van der Waals surface area contributed by atoms with E-state index in [4.69, 9.17) is 0 Å². The molecule has 2 aliphatic heterocycles. The molecule has 1 aromatic heterocycles. The van der Waals surface area contributed by atoms with Crippen LogP contribution in [0.4, 0.5) is 0 Å². The minimum atomic E-state index is -3.56. The molecule has 1 saturated heterocycles. The molecular formula is C16H18N4O2S. The van der Waals surface area contributed by atoms with Crippen molar-refractivity contribution in [3.05, 3.63) is 48.0 Å². The van der Waals surface area contributed by atoms with E-state index in [1.807, 2.05) is 25.3 Å². The fourth-order valence-electron chi connectivity index (χ4n) is 3.42. The first-order valence-corrected chi connectivity index (χ1v) is 9.19. The highest BCUT2D eigenvalue weighted by molar-refractivity contribution is 7.90. The number of benzene rings is 1. The third kappa shape index (κ3) is 2.35. The van der Waals surface area contributed by atoms with E-state index in [0.717, 1.165) is 37.3 Å². The molecule has 0 N–H and O–H groups in total. The fraction of sp³-hybridized carbons (Fsp3) is 0.375. The van der Waals surface area contributed by atoms with Gasteiger partial charge in [0.25, 0.3) is 10.0 Å². The van der Waals surface area contributed by atoms with Crippen LogP contribution in [-0.4, -0.2) is 41.3 Å². The zero-order valence-corrected chi connectivity index (χ0v) is 13.7. The number of aromatic nitrogens is 2. The van der Waals surface area contributed by atoms with Gasteiger partial charge in [-0.25, -0.2) is 4.98 Å². The van der Waals surface area contributed by atoms with Crippen molar-refractivity contribution in [1.82, 2.24) is 14.5 Å². The van der Waals surface area contributed by atoms with Crippen molar-refractivity contribution in [3.63, 3.8) is 0 Å². The van der Waals surface area contributed by atoms with Gasteiger partial charge < -0.3 is 9.47 Å². The quantitative estimate of drug-likeness (QED) is 0.842. The lowest BCUT2D eigenvalue weighted by Gasteiger charge is -2.27. The zero-order valence-electron chi connectivity index (χ0n) is 12.9. The van der Waals surface area contributed by atoms with Gasteiger partial charge in [-0.15, -0.1) is 4.40 Å². The Kier molecular flexibility index (Phi) is 3.26. The Morgan fingerprint density at radius 3 is 2.91 bits per heavy atom. The number of amidine groups is 1. The summed E-state index contributed by atoms with van der Waals surface area (Å²) in [7, 11) is -3.56. The third-order valence-electron chi connectivity index (χ3n) is 4.59. The summed E-state index contributed by atoms with van der Waals surface area (Å²) < 4.78 is 30.7. The third-order valence-corrected chi connectivity index (χ3v) is 5.92. The highest BCUT2D eigenvalue weighted by Gasteiger charge is 2.36. The summed E-state index contributed by atoms with van der Waals surface area (Å²) in [5, 5.41) is 0. The summed E-state index contributed by atoms with van der Waals surface area (Å²) in [5.41, 5.74) is 0.724. The Bertz CT molecular complexity index is 885. The van der Waals surface area contributed by atoms with Crippen molar-refractivity contribution >= 4 is 15.9 Å². The minimum Gasteiger partial charge on any atom is -0.351 e. The Labute approximate surface area is 135 Å².